The number of halogens is 1. The van der Waals surface area contributed by atoms with Crippen molar-refractivity contribution in [1.29, 1.82) is 0 Å². The Morgan fingerprint density at radius 3 is 2.60 bits per heavy atom. The molecule has 0 unspecified atom stereocenters. The number of benzene rings is 2. The van der Waals surface area contributed by atoms with E-state index in [1.54, 1.807) is 6.07 Å². The fourth-order valence-corrected chi connectivity index (χ4v) is 2.82. The van der Waals surface area contributed by atoms with Gasteiger partial charge in [0, 0.05) is 24.7 Å². The highest BCUT2D eigenvalue weighted by molar-refractivity contribution is 5.96. The third-order valence-electron chi connectivity index (χ3n) is 4.30. The molecule has 2 N–H and O–H groups in total. The first-order chi connectivity index (χ1) is 14.5. The highest BCUT2D eigenvalue weighted by Gasteiger charge is 2.23. The molecule has 3 rings (SSSR count). The lowest BCUT2D eigenvalue weighted by Crippen LogP contribution is -2.44. The summed E-state index contributed by atoms with van der Waals surface area (Å²) in [5.41, 5.74) is 4.42. The summed E-state index contributed by atoms with van der Waals surface area (Å²) in [6.07, 6.45) is 0. The molecule has 10 nitrogen and oxygen atoms in total. The van der Waals surface area contributed by atoms with Crippen molar-refractivity contribution in [3.05, 3.63) is 64.0 Å². The Morgan fingerprint density at radius 2 is 1.90 bits per heavy atom. The van der Waals surface area contributed by atoms with Crippen molar-refractivity contribution >= 4 is 23.2 Å². The monoisotopic (exact) mass is 418 g/mol. The number of rotatable bonds is 6. The highest BCUT2D eigenvalue weighted by atomic mass is 19.1. The first-order valence-corrected chi connectivity index (χ1v) is 9.03. The van der Waals surface area contributed by atoms with E-state index in [1.807, 2.05) is 4.90 Å². The van der Waals surface area contributed by atoms with Crippen LogP contribution in [0.2, 0.25) is 0 Å². The fourth-order valence-electron chi connectivity index (χ4n) is 2.82. The van der Waals surface area contributed by atoms with E-state index in [0.29, 0.717) is 32.0 Å². The minimum absolute atomic E-state index is 0.00553. The lowest BCUT2D eigenvalue weighted by Gasteiger charge is -2.28. The van der Waals surface area contributed by atoms with E-state index in [-0.39, 0.29) is 17.0 Å². The van der Waals surface area contributed by atoms with Gasteiger partial charge in [-0.15, -0.1) is 0 Å². The average Bonchev–Trinajstić information content (AvgIpc) is 2.77. The van der Waals surface area contributed by atoms with Gasteiger partial charge in [0.05, 0.1) is 18.1 Å². The lowest BCUT2D eigenvalue weighted by molar-refractivity contribution is -0.384. The number of carbonyl (C=O) groups is 2. The zero-order chi connectivity index (χ0) is 21.5. The van der Waals surface area contributed by atoms with E-state index in [1.165, 1.54) is 30.3 Å². The van der Waals surface area contributed by atoms with Crippen LogP contribution in [-0.2, 0) is 9.53 Å². The molecule has 0 spiro atoms. The summed E-state index contributed by atoms with van der Waals surface area (Å²) in [6, 6.07) is 9.62. The van der Waals surface area contributed by atoms with Crippen molar-refractivity contribution in [2.45, 2.75) is 0 Å². The number of para-hydroxylation sites is 1. The second kappa shape index (κ2) is 9.65. The number of hydrogen-bond acceptors (Lipinski definition) is 7. The first-order valence-electron chi connectivity index (χ1n) is 9.03. The van der Waals surface area contributed by atoms with Crippen LogP contribution in [0, 0.1) is 15.9 Å². The van der Waals surface area contributed by atoms with Crippen LogP contribution in [0.1, 0.15) is 10.4 Å². The minimum Gasteiger partial charge on any atom is -0.481 e. The number of nitrogens with zero attached hydrogens (tertiary/aromatic N) is 2. The number of hydrogen-bond donors (Lipinski definition) is 2. The molecule has 2 aromatic carbocycles. The van der Waals surface area contributed by atoms with Crippen LogP contribution in [0.3, 0.4) is 0 Å². The number of nitro benzene ring substituents is 1. The van der Waals surface area contributed by atoms with Crippen molar-refractivity contribution < 1.29 is 28.4 Å². The highest BCUT2D eigenvalue weighted by Crippen LogP contribution is 2.29. The molecule has 1 heterocycles. The van der Waals surface area contributed by atoms with Crippen molar-refractivity contribution in [1.82, 2.24) is 10.9 Å². The van der Waals surface area contributed by atoms with Gasteiger partial charge in [-0.3, -0.25) is 30.6 Å². The molecule has 1 aliphatic rings. The van der Waals surface area contributed by atoms with Gasteiger partial charge in [-0.2, -0.15) is 0 Å². The van der Waals surface area contributed by atoms with Gasteiger partial charge < -0.3 is 14.4 Å². The summed E-state index contributed by atoms with van der Waals surface area (Å²) >= 11 is 0. The van der Waals surface area contributed by atoms with Gasteiger partial charge >= 0.3 is 0 Å². The first kappa shape index (κ1) is 21.0. The predicted octanol–water partition coefficient (Wildman–Crippen LogP) is 1.41. The van der Waals surface area contributed by atoms with Crippen LogP contribution in [0.15, 0.2) is 42.5 Å². The summed E-state index contributed by atoms with van der Waals surface area (Å²) in [5.74, 6) is -2.20. The number of carbonyl (C=O) groups excluding carboxylic acids is 2. The molecular weight excluding hydrogens is 399 g/mol. The molecule has 2 aromatic rings. The smallest absolute Gasteiger partial charge is 0.293 e. The number of nitrogens with one attached hydrogen (secondary N) is 2. The topological polar surface area (TPSA) is 123 Å². The second-order valence-electron chi connectivity index (χ2n) is 6.28. The van der Waals surface area contributed by atoms with Gasteiger partial charge in [-0.05, 0) is 24.3 Å². The van der Waals surface area contributed by atoms with E-state index in [4.69, 9.17) is 9.47 Å². The molecule has 0 saturated carbocycles. The Bertz CT molecular complexity index is 948. The summed E-state index contributed by atoms with van der Waals surface area (Å²) in [4.78, 5) is 36.8. The minimum atomic E-state index is -0.745. The van der Waals surface area contributed by atoms with Gasteiger partial charge in [-0.1, -0.05) is 12.1 Å². The maximum absolute atomic E-state index is 13.5. The van der Waals surface area contributed by atoms with Crippen LogP contribution in [0.5, 0.6) is 5.75 Å². The summed E-state index contributed by atoms with van der Waals surface area (Å²) in [7, 11) is 0. The molecule has 0 aliphatic carbocycles. The molecule has 0 aromatic heterocycles. The molecule has 30 heavy (non-hydrogen) atoms. The average molecular weight is 418 g/mol. The quantitative estimate of drug-likeness (QED) is 0.537. The normalized spacial score (nSPS) is 13.4. The maximum atomic E-state index is 13.5. The molecule has 1 saturated heterocycles. The fraction of sp³-hybridized carbons (Fsp3) is 0.263. The van der Waals surface area contributed by atoms with Crippen molar-refractivity contribution in [3.63, 3.8) is 0 Å². The molecule has 1 fully saturated rings. The molecular formula is C19H19FN4O6. The number of ether oxygens (including phenoxy) is 2. The van der Waals surface area contributed by atoms with Crippen LogP contribution in [0.4, 0.5) is 15.8 Å². The number of anilines is 1. The standard InChI is InChI=1S/C19H19FN4O6/c20-14-3-1-2-4-17(14)30-12-18(25)21-22-19(26)13-5-6-15(16(11-13)24(27)28)23-7-9-29-10-8-23/h1-6,11H,7-10,12H2,(H,21,25)(H,22,26). The van der Waals surface area contributed by atoms with Gasteiger partial charge in [0.2, 0.25) is 0 Å². The molecule has 0 bridgehead atoms. The number of nitro groups is 1. The van der Waals surface area contributed by atoms with Gasteiger partial charge in [0.15, 0.2) is 18.2 Å². The zero-order valence-corrected chi connectivity index (χ0v) is 15.8. The number of amides is 2. The molecule has 0 radical (unpaired) electrons. The lowest BCUT2D eigenvalue weighted by atomic mass is 10.1. The van der Waals surface area contributed by atoms with E-state index in [0.717, 1.165) is 6.07 Å². The van der Waals surface area contributed by atoms with Crippen LogP contribution >= 0.6 is 0 Å². The van der Waals surface area contributed by atoms with Crippen molar-refractivity contribution in [3.8, 4) is 5.75 Å². The zero-order valence-electron chi connectivity index (χ0n) is 15.8. The Hall–Kier alpha value is -3.73. The third kappa shape index (κ3) is 5.20. The van der Waals surface area contributed by atoms with E-state index in [9.17, 15) is 24.1 Å². The van der Waals surface area contributed by atoms with E-state index in [2.05, 4.69) is 10.9 Å². The Balaban J connectivity index is 1.59. The molecule has 158 valence electrons. The largest absolute Gasteiger partial charge is 0.481 e. The Labute approximate surface area is 170 Å². The van der Waals surface area contributed by atoms with Crippen LogP contribution in [-0.4, -0.2) is 49.6 Å². The molecule has 11 heteroatoms. The summed E-state index contributed by atoms with van der Waals surface area (Å²) in [6.45, 7) is 1.40. The maximum Gasteiger partial charge on any atom is 0.293 e. The van der Waals surface area contributed by atoms with Gasteiger partial charge in [-0.25, -0.2) is 4.39 Å². The molecule has 0 atom stereocenters. The summed E-state index contributed by atoms with van der Waals surface area (Å²) < 4.78 is 23.7. The van der Waals surface area contributed by atoms with Crippen LogP contribution in [0.25, 0.3) is 0 Å². The Kier molecular flexibility index (Phi) is 6.75. The predicted molar refractivity (Wildman–Crippen MR) is 104 cm³/mol. The number of morpholine rings is 1. The summed E-state index contributed by atoms with van der Waals surface area (Å²) in [5, 5.41) is 11.5. The third-order valence-corrected chi connectivity index (χ3v) is 4.30. The van der Waals surface area contributed by atoms with Crippen molar-refractivity contribution in [2.75, 3.05) is 37.8 Å². The van der Waals surface area contributed by atoms with Gasteiger partial charge in [0.1, 0.15) is 5.69 Å². The van der Waals surface area contributed by atoms with Crippen molar-refractivity contribution in [2.24, 2.45) is 0 Å². The number of hydrazine groups is 1. The van der Waals surface area contributed by atoms with Gasteiger partial charge in [0.25, 0.3) is 17.5 Å². The van der Waals surface area contributed by atoms with E-state index < -0.39 is 29.2 Å². The molecule has 2 amide bonds. The molecule has 1 aliphatic heterocycles. The Morgan fingerprint density at radius 1 is 1.17 bits per heavy atom. The van der Waals surface area contributed by atoms with E-state index >= 15 is 0 Å². The SMILES string of the molecule is O=C(COc1ccccc1F)NNC(=O)c1ccc(N2CCOCC2)c([N+](=O)[O-])c1. The van der Waals surface area contributed by atoms with Crippen LogP contribution < -0.4 is 20.5 Å². The second-order valence-corrected chi connectivity index (χ2v) is 6.28.